The summed E-state index contributed by atoms with van der Waals surface area (Å²) in [4.78, 5) is 4.12. The average Bonchev–Trinajstić information content (AvgIpc) is 2.15. The van der Waals surface area contributed by atoms with E-state index in [1.165, 1.54) is 0 Å². The highest BCUT2D eigenvalue weighted by Gasteiger charge is 1.94. The molecule has 0 aromatic carbocycles. The molecule has 1 heterocycles. The summed E-state index contributed by atoms with van der Waals surface area (Å²) >= 11 is 0. The normalized spacial score (nSPS) is 11.1. The van der Waals surface area contributed by atoms with E-state index in [1.54, 1.807) is 18.3 Å². The number of hydrogen-bond acceptors (Lipinski definition) is 4. The second-order valence-corrected chi connectivity index (χ2v) is 2.98. The summed E-state index contributed by atoms with van der Waals surface area (Å²) in [7, 11) is 0. The summed E-state index contributed by atoms with van der Waals surface area (Å²) in [5, 5.41) is 0. The fourth-order valence-electron chi connectivity index (χ4n) is 0.921. The zero-order chi connectivity index (χ0) is 10.6. The maximum atomic E-state index is 5.76. The van der Waals surface area contributed by atoms with Crippen molar-refractivity contribution in [1.29, 1.82) is 0 Å². The number of rotatable bonds is 2. The molecule has 0 aliphatic rings. The predicted molar refractivity (Wildman–Crippen MR) is 57.6 cm³/mol. The van der Waals surface area contributed by atoms with Gasteiger partial charge in [-0.2, -0.15) is 0 Å². The van der Waals surface area contributed by atoms with Gasteiger partial charge in [0.25, 0.3) is 0 Å². The van der Waals surface area contributed by atoms with Crippen LogP contribution in [0.4, 0.5) is 0 Å². The molecule has 0 unspecified atom stereocenters. The van der Waals surface area contributed by atoms with Gasteiger partial charge in [0.2, 0.25) is 0 Å². The van der Waals surface area contributed by atoms with Crippen molar-refractivity contribution in [2.75, 3.05) is 0 Å². The SMILES string of the molecule is Cc1ccc(/C(N)=C/C=C(N)N)cn1. The third-order valence-electron chi connectivity index (χ3n) is 1.70. The van der Waals surface area contributed by atoms with Crippen molar-refractivity contribution in [2.45, 2.75) is 6.92 Å². The quantitative estimate of drug-likeness (QED) is 0.590. The van der Waals surface area contributed by atoms with Gasteiger partial charge in [-0.15, -0.1) is 0 Å². The van der Waals surface area contributed by atoms with Crippen molar-refractivity contribution in [3.8, 4) is 0 Å². The van der Waals surface area contributed by atoms with Gasteiger partial charge in [-0.1, -0.05) is 0 Å². The van der Waals surface area contributed by atoms with Gasteiger partial charge in [0.05, 0.1) is 5.82 Å². The van der Waals surface area contributed by atoms with E-state index in [4.69, 9.17) is 17.2 Å². The number of pyridine rings is 1. The van der Waals surface area contributed by atoms with Gasteiger partial charge in [0.1, 0.15) is 0 Å². The topological polar surface area (TPSA) is 91.0 Å². The largest absolute Gasteiger partial charge is 0.398 e. The zero-order valence-electron chi connectivity index (χ0n) is 8.07. The first-order chi connectivity index (χ1) is 6.59. The lowest BCUT2D eigenvalue weighted by Gasteiger charge is -2.00. The first kappa shape index (κ1) is 10.1. The second kappa shape index (κ2) is 4.32. The summed E-state index contributed by atoms with van der Waals surface area (Å²) in [5.74, 6) is 0.230. The molecule has 0 atom stereocenters. The van der Waals surface area contributed by atoms with Crippen molar-refractivity contribution in [2.24, 2.45) is 17.2 Å². The summed E-state index contributed by atoms with van der Waals surface area (Å²) in [6.07, 6.45) is 4.92. The highest BCUT2D eigenvalue weighted by atomic mass is 14.8. The molecule has 0 aliphatic carbocycles. The third-order valence-corrected chi connectivity index (χ3v) is 1.70. The van der Waals surface area contributed by atoms with Gasteiger partial charge in [-0.25, -0.2) is 0 Å². The van der Waals surface area contributed by atoms with Crippen LogP contribution < -0.4 is 17.2 Å². The molecule has 6 N–H and O–H groups in total. The minimum absolute atomic E-state index is 0.230. The van der Waals surface area contributed by atoms with Gasteiger partial charge in [0, 0.05) is 23.2 Å². The molecule has 0 saturated heterocycles. The number of hydrogen-bond donors (Lipinski definition) is 3. The predicted octanol–water partition coefficient (Wildman–Crippen LogP) is 0.448. The molecule has 0 amide bonds. The van der Waals surface area contributed by atoms with Crippen LogP contribution in [0.1, 0.15) is 11.3 Å². The Hall–Kier alpha value is -1.97. The monoisotopic (exact) mass is 190 g/mol. The molecular formula is C10H14N4. The molecule has 14 heavy (non-hydrogen) atoms. The standard InChI is InChI=1S/C10H14N4/c1-7-2-3-8(6-14-7)9(11)4-5-10(12)13/h2-6H,11-13H2,1H3/b9-4-. The van der Waals surface area contributed by atoms with E-state index in [1.807, 2.05) is 19.1 Å². The van der Waals surface area contributed by atoms with Crippen LogP contribution in [0.5, 0.6) is 0 Å². The van der Waals surface area contributed by atoms with Crippen molar-refractivity contribution in [3.05, 3.63) is 47.6 Å². The van der Waals surface area contributed by atoms with Crippen LogP contribution >= 0.6 is 0 Å². The van der Waals surface area contributed by atoms with Gasteiger partial charge in [0.15, 0.2) is 0 Å². The Morgan fingerprint density at radius 1 is 1.21 bits per heavy atom. The van der Waals surface area contributed by atoms with Crippen LogP contribution in [0.25, 0.3) is 5.70 Å². The van der Waals surface area contributed by atoms with Gasteiger partial charge < -0.3 is 17.2 Å². The fraction of sp³-hybridized carbons (Fsp3) is 0.100. The van der Waals surface area contributed by atoms with Crippen molar-refractivity contribution < 1.29 is 0 Å². The van der Waals surface area contributed by atoms with E-state index in [-0.39, 0.29) is 5.82 Å². The molecule has 0 saturated carbocycles. The first-order valence-electron chi connectivity index (χ1n) is 4.21. The number of aromatic nitrogens is 1. The Kier molecular flexibility index (Phi) is 3.12. The smallest absolute Gasteiger partial charge is 0.0934 e. The Morgan fingerprint density at radius 2 is 1.93 bits per heavy atom. The van der Waals surface area contributed by atoms with Gasteiger partial charge in [-0.05, 0) is 31.2 Å². The minimum Gasteiger partial charge on any atom is -0.398 e. The van der Waals surface area contributed by atoms with Gasteiger partial charge >= 0.3 is 0 Å². The lowest BCUT2D eigenvalue weighted by Crippen LogP contribution is -2.07. The summed E-state index contributed by atoms with van der Waals surface area (Å²) in [5.41, 5.74) is 18.7. The third kappa shape index (κ3) is 2.82. The van der Waals surface area contributed by atoms with Crippen molar-refractivity contribution in [3.63, 3.8) is 0 Å². The van der Waals surface area contributed by atoms with Crippen LogP contribution in [0.3, 0.4) is 0 Å². The minimum atomic E-state index is 0.230. The Bertz CT molecular complexity index is 358. The highest BCUT2D eigenvalue weighted by Crippen LogP contribution is 2.07. The van der Waals surface area contributed by atoms with Crippen molar-refractivity contribution in [1.82, 2.24) is 4.98 Å². The van der Waals surface area contributed by atoms with E-state index in [0.29, 0.717) is 5.70 Å². The highest BCUT2D eigenvalue weighted by molar-refractivity contribution is 5.63. The molecular weight excluding hydrogens is 176 g/mol. The molecule has 0 radical (unpaired) electrons. The average molecular weight is 190 g/mol. The summed E-state index contributed by atoms with van der Waals surface area (Å²) < 4.78 is 0. The molecule has 0 fully saturated rings. The van der Waals surface area contributed by atoms with E-state index in [0.717, 1.165) is 11.3 Å². The van der Waals surface area contributed by atoms with Gasteiger partial charge in [-0.3, -0.25) is 4.98 Å². The molecule has 1 aromatic rings. The molecule has 74 valence electrons. The van der Waals surface area contributed by atoms with E-state index >= 15 is 0 Å². The van der Waals surface area contributed by atoms with Crippen LogP contribution in [-0.2, 0) is 0 Å². The maximum Gasteiger partial charge on any atom is 0.0934 e. The molecule has 4 heteroatoms. The van der Waals surface area contributed by atoms with Crippen LogP contribution in [0.15, 0.2) is 36.3 Å². The van der Waals surface area contributed by atoms with Crippen LogP contribution in [0.2, 0.25) is 0 Å². The Labute approximate surface area is 83.1 Å². The molecule has 1 aromatic heterocycles. The van der Waals surface area contributed by atoms with E-state index < -0.39 is 0 Å². The van der Waals surface area contributed by atoms with E-state index in [2.05, 4.69) is 4.98 Å². The Balaban J connectivity index is 2.89. The molecule has 0 bridgehead atoms. The lowest BCUT2D eigenvalue weighted by atomic mass is 10.2. The van der Waals surface area contributed by atoms with Crippen LogP contribution in [0, 0.1) is 6.92 Å². The summed E-state index contributed by atoms with van der Waals surface area (Å²) in [6.45, 7) is 1.92. The molecule has 0 spiro atoms. The van der Waals surface area contributed by atoms with E-state index in [9.17, 15) is 0 Å². The number of nitrogens with two attached hydrogens (primary N) is 3. The molecule has 4 nitrogen and oxygen atoms in total. The fourth-order valence-corrected chi connectivity index (χ4v) is 0.921. The Morgan fingerprint density at radius 3 is 2.43 bits per heavy atom. The lowest BCUT2D eigenvalue weighted by molar-refractivity contribution is 1.19. The second-order valence-electron chi connectivity index (χ2n) is 2.98. The number of allylic oxidation sites excluding steroid dienone is 2. The van der Waals surface area contributed by atoms with Crippen LogP contribution in [-0.4, -0.2) is 4.98 Å². The molecule has 1 rings (SSSR count). The van der Waals surface area contributed by atoms with Crippen molar-refractivity contribution >= 4 is 5.70 Å². The summed E-state index contributed by atoms with van der Waals surface area (Å²) in [6, 6.07) is 3.79. The number of nitrogens with zero attached hydrogens (tertiary/aromatic N) is 1. The zero-order valence-corrected chi connectivity index (χ0v) is 8.07. The first-order valence-corrected chi connectivity index (χ1v) is 4.21. The number of aryl methyl sites for hydroxylation is 1. The molecule has 0 aliphatic heterocycles. The maximum absolute atomic E-state index is 5.76.